The summed E-state index contributed by atoms with van der Waals surface area (Å²) in [6, 6.07) is 2.38. The lowest BCUT2D eigenvalue weighted by atomic mass is 10.2. The number of hydrogen-bond donors (Lipinski definition) is 1. The van der Waals surface area contributed by atoms with Crippen LogP contribution in [0.1, 0.15) is 22.5 Å². The lowest BCUT2D eigenvalue weighted by Gasteiger charge is -2.08. The Kier molecular flexibility index (Phi) is 4.33. The Balaban J connectivity index is 2.33. The first-order chi connectivity index (χ1) is 11.8. The van der Waals surface area contributed by atoms with Gasteiger partial charge in [0.2, 0.25) is 0 Å². The minimum absolute atomic E-state index is 0.00266. The molecule has 0 saturated carbocycles. The van der Waals surface area contributed by atoms with Crippen LogP contribution >= 0.6 is 15.9 Å². The van der Waals surface area contributed by atoms with Crippen LogP contribution in [-0.4, -0.2) is 32.8 Å². The predicted octanol–water partition coefficient (Wildman–Crippen LogP) is 3.02. The van der Waals surface area contributed by atoms with Gasteiger partial charge in [0, 0.05) is 0 Å². The summed E-state index contributed by atoms with van der Waals surface area (Å²) in [5, 5.41) is 3.69. The largest absolute Gasteiger partial charge is 0.465 e. The molecule has 0 aliphatic rings. The maximum absolute atomic E-state index is 14.1. The van der Waals surface area contributed by atoms with Crippen LogP contribution in [0.5, 0.6) is 0 Å². The zero-order chi connectivity index (χ0) is 18.3. The number of methoxy groups -OCH3 is 1. The molecule has 0 spiro atoms. The number of halogens is 4. The molecule has 7 nitrogen and oxygen atoms in total. The molecule has 2 heterocycles. The maximum Gasteiger partial charge on any atom is 0.340 e. The Morgan fingerprint density at radius 1 is 1.36 bits per heavy atom. The first kappa shape index (κ1) is 17.1. The highest BCUT2D eigenvalue weighted by Crippen LogP contribution is 2.32. The number of nitrogen functional groups attached to an aromatic ring is 1. The lowest BCUT2D eigenvalue weighted by Crippen LogP contribution is -2.08. The van der Waals surface area contributed by atoms with Crippen molar-refractivity contribution in [1.29, 1.82) is 0 Å². The molecule has 2 N–H and O–H groups in total. The second-order valence-corrected chi connectivity index (χ2v) is 5.69. The van der Waals surface area contributed by atoms with E-state index in [2.05, 4.69) is 35.7 Å². The van der Waals surface area contributed by atoms with Crippen LogP contribution < -0.4 is 5.73 Å². The number of carbonyl (C=O) groups is 1. The molecule has 0 fully saturated rings. The Hall–Kier alpha value is -2.69. The van der Waals surface area contributed by atoms with E-state index in [1.54, 1.807) is 0 Å². The third kappa shape index (κ3) is 2.80. The Bertz CT molecular complexity index is 992. The summed E-state index contributed by atoms with van der Waals surface area (Å²) in [7, 11) is 1.09. The maximum atomic E-state index is 14.1. The van der Waals surface area contributed by atoms with Gasteiger partial charge < -0.3 is 10.5 Å². The highest BCUT2D eigenvalue weighted by Gasteiger charge is 2.24. The van der Waals surface area contributed by atoms with Gasteiger partial charge in [0.15, 0.2) is 11.5 Å². The van der Waals surface area contributed by atoms with E-state index in [-0.39, 0.29) is 27.0 Å². The predicted molar refractivity (Wildman–Crippen MR) is 85.0 cm³/mol. The number of fused-ring (bicyclic) bond motifs is 1. The molecule has 0 saturated heterocycles. The second kappa shape index (κ2) is 6.31. The lowest BCUT2D eigenvalue weighted by molar-refractivity contribution is 0.0595. The average molecular weight is 416 g/mol. The molecule has 0 atom stereocenters. The van der Waals surface area contributed by atoms with Crippen molar-refractivity contribution in [3.8, 4) is 5.69 Å². The summed E-state index contributed by atoms with van der Waals surface area (Å²) < 4.78 is 46.1. The minimum Gasteiger partial charge on any atom is -0.465 e. The SMILES string of the molecule is COC(=O)c1cc(-n2nc(C(F)F)c3c(N)ncnc32)cc(Br)c1F. The smallest absolute Gasteiger partial charge is 0.340 e. The molecule has 0 unspecified atom stereocenters. The Labute approximate surface area is 146 Å². The highest BCUT2D eigenvalue weighted by molar-refractivity contribution is 9.10. The van der Waals surface area contributed by atoms with Crippen LogP contribution in [0.2, 0.25) is 0 Å². The van der Waals surface area contributed by atoms with E-state index >= 15 is 0 Å². The fraction of sp³-hybridized carbons (Fsp3) is 0.143. The number of anilines is 1. The van der Waals surface area contributed by atoms with Crippen LogP contribution in [0, 0.1) is 5.82 Å². The summed E-state index contributed by atoms with van der Waals surface area (Å²) in [4.78, 5) is 19.3. The summed E-state index contributed by atoms with van der Waals surface area (Å²) in [6.45, 7) is 0. The van der Waals surface area contributed by atoms with Crippen LogP contribution in [0.15, 0.2) is 22.9 Å². The first-order valence-electron chi connectivity index (χ1n) is 6.70. The van der Waals surface area contributed by atoms with E-state index in [1.165, 1.54) is 6.07 Å². The van der Waals surface area contributed by atoms with Crippen LogP contribution in [-0.2, 0) is 4.74 Å². The van der Waals surface area contributed by atoms with Gasteiger partial charge in [-0.15, -0.1) is 0 Å². The van der Waals surface area contributed by atoms with Gasteiger partial charge in [-0.3, -0.25) is 0 Å². The molecule has 2 aromatic heterocycles. The molecule has 0 aliphatic heterocycles. The molecular weight excluding hydrogens is 407 g/mol. The van der Waals surface area contributed by atoms with E-state index < -0.39 is 29.5 Å². The third-order valence-electron chi connectivity index (χ3n) is 3.39. The van der Waals surface area contributed by atoms with Gasteiger partial charge >= 0.3 is 5.97 Å². The van der Waals surface area contributed by atoms with E-state index in [4.69, 9.17) is 5.73 Å². The van der Waals surface area contributed by atoms with Gasteiger partial charge in [0.05, 0.1) is 28.2 Å². The molecule has 11 heteroatoms. The summed E-state index contributed by atoms with van der Waals surface area (Å²) in [6.07, 6.45) is -1.84. The number of nitrogens with two attached hydrogens (primary N) is 1. The van der Waals surface area contributed by atoms with Crippen molar-refractivity contribution in [3.63, 3.8) is 0 Å². The number of nitrogens with zero attached hydrogens (tertiary/aromatic N) is 4. The minimum atomic E-state index is -2.93. The third-order valence-corrected chi connectivity index (χ3v) is 3.97. The van der Waals surface area contributed by atoms with E-state index in [0.717, 1.165) is 24.2 Å². The molecule has 0 amide bonds. The van der Waals surface area contributed by atoms with Crippen LogP contribution in [0.25, 0.3) is 16.7 Å². The number of aromatic nitrogens is 4. The van der Waals surface area contributed by atoms with Gasteiger partial charge in [0.25, 0.3) is 6.43 Å². The molecule has 25 heavy (non-hydrogen) atoms. The van der Waals surface area contributed by atoms with Crippen molar-refractivity contribution in [2.75, 3.05) is 12.8 Å². The number of carbonyl (C=O) groups excluding carboxylic acids is 1. The standard InChI is InChI=1S/C14H9BrF3N5O2/c1-25-14(24)6-2-5(3-7(15)9(6)16)23-13-8(10(22-23)11(17)18)12(19)20-4-21-13/h2-4,11H,1H3,(H2,19,20,21). The molecule has 1 aromatic carbocycles. The zero-order valence-corrected chi connectivity index (χ0v) is 14.1. The number of hydrogen-bond acceptors (Lipinski definition) is 6. The van der Waals surface area contributed by atoms with Crippen LogP contribution in [0.3, 0.4) is 0 Å². The van der Waals surface area contributed by atoms with E-state index in [0.29, 0.717) is 0 Å². The number of benzene rings is 1. The molecule has 3 aromatic rings. The normalized spacial score (nSPS) is 11.3. The monoisotopic (exact) mass is 415 g/mol. The zero-order valence-electron chi connectivity index (χ0n) is 12.5. The molecule has 0 radical (unpaired) electrons. The Morgan fingerprint density at radius 2 is 2.08 bits per heavy atom. The Morgan fingerprint density at radius 3 is 2.72 bits per heavy atom. The summed E-state index contributed by atoms with van der Waals surface area (Å²) in [5.74, 6) is -1.95. The number of rotatable bonds is 3. The van der Waals surface area contributed by atoms with Crippen molar-refractivity contribution in [2.45, 2.75) is 6.43 Å². The van der Waals surface area contributed by atoms with Crippen molar-refractivity contribution in [1.82, 2.24) is 19.7 Å². The van der Waals surface area contributed by atoms with Crippen molar-refractivity contribution in [3.05, 3.63) is 40.0 Å². The van der Waals surface area contributed by atoms with Crippen LogP contribution in [0.4, 0.5) is 19.0 Å². The molecule has 130 valence electrons. The molecule has 0 aliphatic carbocycles. The molecule has 0 bridgehead atoms. The number of alkyl halides is 2. The van der Waals surface area contributed by atoms with Crippen molar-refractivity contribution in [2.24, 2.45) is 0 Å². The number of ether oxygens (including phenoxy) is 1. The van der Waals surface area contributed by atoms with Gasteiger partial charge in [0.1, 0.15) is 17.8 Å². The van der Waals surface area contributed by atoms with Gasteiger partial charge in [-0.2, -0.15) is 5.10 Å². The fourth-order valence-corrected chi connectivity index (χ4v) is 2.74. The van der Waals surface area contributed by atoms with E-state index in [9.17, 15) is 18.0 Å². The summed E-state index contributed by atoms with van der Waals surface area (Å²) in [5.41, 5.74) is 4.76. The quantitative estimate of drug-likeness (QED) is 0.660. The number of esters is 1. The van der Waals surface area contributed by atoms with Gasteiger partial charge in [-0.05, 0) is 28.1 Å². The van der Waals surface area contributed by atoms with E-state index in [1.807, 2.05) is 0 Å². The van der Waals surface area contributed by atoms with Crippen molar-refractivity contribution >= 4 is 38.8 Å². The van der Waals surface area contributed by atoms with Crippen molar-refractivity contribution < 1.29 is 22.7 Å². The van der Waals surface area contributed by atoms with Gasteiger partial charge in [-0.25, -0.2) is 32.6 Å². The van der Waals surface area contributed by atoms with Gasteiger partial charge in [-0.1, -0.05) is 0 Å². The molecular formula is C14H9BrF3N5O2. The second-order valence-electron chi connectivity index (χ2n) is 4.84. The molecule has 3 rings (SSSR count). The highest BCUT2D eigenvalue weighted by atomic mass is 79.9. The first-order valence-corrected chi connectivity index (χ1v) is 7.49. The average Bonchev–Trinajstić information content (AvgIpc) is 2.98. The summed E-state index contributed by atoms with van der Waals surface area (Å²) >= 11 is 2.98. The fourth-order valence-electron chi connectivity index (χ4n) is 2.29. The topological polar surface area (TPSA) is 95.9 Å².